The van der Waals surface area contributed by atoms with E-state index >= 15 is 0 Å². The Morgan fingerprint density at radius 2 is 1.20 bits per heavy atom. The number of aliphatic hydroxyl groups excluding tert-OH is 1. The van der Waals surface area contributed by atoms with Crippen molar-refractivity contribution in [1.82, 2.24) is 13.7 Å². The van der Waals surface area contributed by atoms with Gasteiger partial charge in [-0.15, -0.1) is 0 Å². The fourth-order valence-corrected chi connectivity index (χ4v) is 4.38. The molecular formula is C34H39N3O12. The van der Waals surface area contributed by atoms with Crippen molar-refractivity contribution in [3.63, 3.8) is 0 Å². The second-order valence-corrected chi connectivity index (χ2v) is 11.2. The van der Waals surface area contributed by atoms with Crippen molar-refractivity contribution in [2.24, 2.45) is 0 Å². The van der Waals surface area contributed by atoms with E-state index in [1.165, 1.54) is 25.1 Å². The second-order valence-electron chi connectivity index (χ2n) is 11.2. The van der Waals surface area contributed by atoms with Crippen LogP contribution in [0.15, 0.2) is 74.6 Å². The van der Waals surface area contributed by atoms with Gasteiger partial charge in [0.25, 0.3) is 0 Å². The number of aliphatic hydroxyl groups is 1. The van der Waals surface area contributed by atoms with Crippen LogP contribution >= 0.6 is 0 Å². The first-order chi connectivity index (χ1) is 23.2. The van der Waals surface area contributed by atoms with Crippen molar-refractivity contribution in [3.8, 4) is 0 Å². The van der Waals surface area contributed by atoms with Crippen molar-refractivity contribution < 1.29 is 43.2 Å². The average molecular weight is 682 g/mol. The smallest absolute Gasteiger partial charge is 0.338 e. The zero-order valence-corrected chi connectivity index (χ0v) is 27.9. The molecule has 15 nitrogen and oxygen atoms in total. The Hall–Kier alpha value is -5.57. The van der Waals surface area contributed by atoms with Crippen LogP contribution in [0.4, 0.5) is 0 Å². The third kappa shape index (κ3) is 10.5. The molecule has 262 valence electrons. The van der Waals surface area contributed by atoms with Gasteiger partial charge in [0.1, 0.15) is 13.2 Å². The van der Waals surface area contributed by atoms with Crippen molar-refractivity contribution in [1.29, 1.82) is 0 Å². The van der Waals surface area contributed by atoms with Gasteiger partial charge in [-0.2, -0.15) is 0 Å². The Morgan fingerprint density at radius 3 is 1.71 bits per heavy atom. The summed E-state index contributed by atoms with van der Waals surface area (Å²) in [4.78, 5) is 87.9. The number of ether oxygens (including phenoxy) is 4. The summed E-state index contributed by atoms with van der Waals surface area (Å²) in [6.45, 7) is 5.71. The zero-order chi connectivity index (χ0) is 36.2. The Kier molecular flexibility index (Phi) is 13.6. The number of allylic oxidation sites excluding steroid dienone is 2. The molecule has 15 heteroatoms. The average Bonchev–Trinajstić information content (AvgIpc) is 3.04. The van der Waals surface area contributed by atoms with Crippen LogP contribution in [0.25, 0.3) is 10.8 Å². The molecule has 0 aliphatic carbocycles. The fourth-order valence-electron chi connectivity index (χ4n) is 4.38. The largest absolute Gasteiger partial charge is 0.461 e. The number of hydrogen-bond donors (Lipinski definition) is 1. The summed E-state index contributed by atoms with van der Waals surface area (Å²) >= 11 is 0. The minimum Gasteiger partial charge on any atom is -0.461 e. The van der Waals surface area contributed by atoms with Gasteiger partial charge in [0.05, 0.1) is 49.6 Å². The van der Waals surface area contributed by atoms with E-state index in [-0.39, 0.29) is 23.3 Å². The van der Waals surface area contributed by atoms with Gasteiger partial charge in [0.15, 0.2) is 0 Å². The molecule has 0 radical (unpaired) electrons. The van der Waals surface area contributed by atoms with Gasteiger partial charge < -0.3 is 24.1 Å². The van der Waals surface area contributed by atoms with Crippen LogP contribution < -0.4 is 17.1 Å². The molecule has 0 aliphatic heterocycles. The molecule has 0 unspecified atom stereocenters. The molecule has 1 heterocycles. The number of fused-ring (bicyclic) bond motifs is 1. The number of esters is 4. The van der Waals surface area contributed by atoms with Gasteiger partial charge in [-0.05, 0) is 69.7 Å². The number of hydrogen-bond acceptors (Lipinski definition) is 12. The quantitative estimate of drug-likeness (QED) is 0.106. The van der Waals surface area contributed by atoms with Crippen LogP contribution in [-0.4, -0.2) is 74.7 Å². The molecule has 3 rings (SSSR count). The van der Waals surface area contributed by atoms with E-state index in [2.05, 4.69) is 0 Å². The Balaban J connectivity index is 1.68. The fraction of sp³-hybridized carbons (Fsp3) is 0.382. The molecule has 0 bridgehead atoms. The molecule has 49 heavy (non-hydrogen) atoms. The maximum absolute atomic E-state index is 13.1. The second kappa shape index (κ2) is 17.5. The van der Waals surface area contributed by atoms with Crippen molar-refractivity contribution >= 4 is 34.6 Å². The lowest BCUT2D eigenvalue weighted by atomic mass is 10.0. The molecular weight excluding hydrogens is 642 g/mol. The van der Waals surface area contributed by atoms with E-state index in [1.54, 1.807) is 58.0 Å². The highest BCUT2D eigenvalue weighted by Gasteiger charge is 2.17. The number of benzene rings is 2. The molecule has 0 saturated carbocycles. The number of nitrogens with zero attached hydrogens (tertiary/aromatic N) is 3. The van der Waals surface area contributed by atoms with E-state index in [0.29, 0.717) is 30.0 Å². The minimum absolute atomic E-state index is 0.178. The SMILES string of the molecule is C/C(=C\C=C\C(=O)OCCn1c(=O)n(CCO)c(=O)n(CCOC(=O)c2ccc3cc(C(=O)OC(C)C)ccc3c2)c1=O)C(=O)OC(C)C. The molecule has 0 saturated heterocycles. The molecule has 0 fully saturated rings. The van der Waals surface area contributed by atoms with Gasteiger partial charge in [-0.3, -0.25) is 0 Å². The number of carbonyl (C=O) groups excluding carboxylic acids is 4. The molecule has 0 aliphatic rings. The predicted octanol–water partition coefficient (Wildman–Crippen LogP) is 1.74. The number of rotatable bonds is 15. The highest BCUT2D eigenvalue weighted by Crippen LogP contribution is 2.19. The van der Waals surface area contributed by atoms with Crippen LogP contribution in [0.1, 0.15) is 55.3 Å². The maximum atomic E-state index is 13.1. The van der Waals surface area contributed by atoms with Crippen molar-refractivity contribution in [2.75, 3.05) is 19.8 Å². The van der Waals surface area contributed by atoms with Crippen LogP contribution in [0, 0.1) is 0 Å². The topological polar surface area (TPSA) is 191 Å². The molecule has 2 aromatic carbocycles. The highest BCUT2D eigenvalue weighted by molar-refractivity contribution is 5.99. The van der Waals surface area contributed by atoms with Gasteiger partial charge in [0, 0.05) is 11.6 Å². The molecule has 1 aromatic heterocycles. The van der Waals surface area contributed by atoms with Crippen LogP contribution in [-0.2, 0) is 48.2 Å². The lowest BCUT2D eigenvalue weighted by Gasteiger charge is -2.14. The van der Waals surface area contributed by atoms with Gasteiger partial charge >= 0.3 is 40.9 Å². The van der Waals surface area contributed by atoms with Gasteiger partial charge in [0.2, 0.25) is 0 Å². The van der Waals surface area contributed by atoms with Crippen molar-refractivity contribution in [2.45, 2.75) is 66.5 Å². The van der Waals surface area contributed by atoms with E-state index in [0.717, 1.165) is 6.08 Å². The first-order valence-corrected chi connectivity index (χ1v) is 15.4. The van der Waals surface area contributed by atoms with E-state index in [1.807, 2.05) is 0 Å². The summed E-state index contributed by atoms with van der Waals surface area (Å²) in [5, 5.41) is 10.7. The standard InChI is InChI=1S/C34H39N3O12/c1-21(2)48-29(40)23(5)7-6-8-28(39)46-17-14-36-32(43)35(13-16-38)33(44)37(34(36)45)15-18-47-30(41)26-11-9-25-20-27(12-10-24(25)19-26)31(42)49-22(3)4/h6-12,19-22,38H,13-18H2,1-5H3/b8-6+,23-7+. The first kappa shape index (κ1) is 37.9. The summed E-state index contributed by atoms with van der Waals surface area (Å²) in [7, 11) is 0. The molecule has 0 amide bonds. The van der Waals surface area contributed by atoms with Gasteiger partial charge in [-0.1, -0.05) is 24.3 Å². The highest BCUT2D eigenvalue weighted by atomic mass is 16.5. The summed E-state index contributed by atoms with van der Waals surface area (Å²) in [6.07, 6.45) is 3.08. The monoisotopic (exact) mass is 681 g/mol. The van der Waals surface area contributed by atoms with E-state index in [4.69, 9.17) is 18.9 Å². The lowest BCUT2D eigenvalue weighted by molar-refractivity contribution is -0.142. The van der Waals surface area contributed by atoms with Crippen molar-refractivity contribution in [3.05, 3.63) is 103 Å². The first-order valence-electron chi connectivity index (χ1n) is 15.4. The van der Waals surface area contributed by atoms with Crippen LogP contribution in [0.5, 0.6) is 0 Å². The molecule has 0 spiro atoms. The molecule has 0 atom stereocenters. The van der Waals surface area contributed by atoms with E-state index < -0.39 is 80.4 Å². The zero-order valence-electron chi connectivity index (χ0n) is 27.9. The number of aromatic nitrogens is 3. The maximum Gasteiger partial charge on any atom is 0.338 e. The summed E-state index contributed by atoms with van der Waals surface area (Å²) in [5.41, 5.74) is -2.30. The number of carbonyl (C=O) groups is 4. The van der Waals surface area contributed by atoms with Gasteiger partial charge in [-0.25, -0.2) is 47.3 Å². The molecule has 1 N–H and O–H groups in total. The third-order valence-electron chi connectivity index (χ3n) is 6.71. The normalized spacial score (nSPS) is 11.7. The minimum atomic E-state index is -1.04. The third-order valence-corrected chi connectivity index (χ3v) is 6.71. The van der Waals surface area contributed by atoms with Crippen LogP contribution in [0.2, 0.25) is 0 Å². The predicted molar refractivity (Wildman–Crippen MR) is 176 cm³/mol. The summed E-state index contributed by atoms with van der Waals surface area (Å²) in [5.74, 6) is -2.59. The lowest BCUT2D eigenvalue weighted by Crippen LogP contribution is -2.55. The Labute approximate surface area is 280 Å². The summed E-state index contributed by atoms with van der Waals surface area (Å²) in [6, 6.07) is 9.57. The summed E-state index contributed by atoms with van der Waals surface area (Å²) < 4.78 is 22.6. The molecule has 3 aromatic rings. The van der Waals surface area contributed by atoms with Crippen LogP contribution in [0.3, 0.4) is 0 Å². The van der Waals surface area contributed by atoms with E-state index in [9.17, 15) is 38.7 Å². The Morgan fingerprint density at radius 1 is 0.714 bits per heavy atom. The Bertz CT molecular complexity index is 1950.